The van der Waals surface area contributed by atoms with E-state index < -0.39 is 0 Å². The standard InChI is InChI=1S/C14H20N2O/c1-12(2)14(17)16-10-6-9-15-11-13-7-4-3-5-8-13/h3-5,7-8,15H,1,6,9-11H2,2H3,(H,16,17). The van der Waals surface area contributed by atoms with Crippen LogP contribution in [-0.4, -0.2) is 19.0 Å². The lowest BCUT2D eigenvalue weighted by Gasteiger charge is -2.06. The molecule has 0 aliphatic rings. The minimum absolute atomic E-state index is 0.0620. The molecular weight excluding hydrogens is 212 g/mol. The van der Waals surface area contributed by atoms with Crippen LogP contribution < -0.4 is 10.6 Å². The SMILES string of the molecule is C=C(C)C(=O)NCCCNCc1ccccc1. The fraction of sp³-hybridized carbons (Fsp3) is 0.357. The monoisotopic (exact) mass is 232 g/mol. The van der Waals surface area contributed by atoms with Gasteiger partial charge in [0.25, 0.3) is 0 Å². The van der Waals surface area contributed by atoms with E-state index in [9.17, 15) is 4.79 Å². The minimum Gasteiger partial charge on any atom is -0.352 e. The second kappa shape index (κ2) is 7.63. The van der Waals surface area contributed by atoms with E-state index in [4.69, 9.17) is 0 Å². The van der Waals surface area contributed by atoms with Crippen LogP contribution in [0, 0.1) is 0 Å². The van der Waals surface area contributed by atoms with Gasteiger partial charge in [-0.3, -0.25) is 4.79 Å². The molecule has 0 saturated heterocycles. The molecule has 1 amide bonds. The molecule has 3 nitrogen and oxygen atoms in total. The van der Waals surface area contributed by atoms with Gasteiger partial charge in [-0.15, -0.1) is 0 Å². The first-order chi connectivity index (χ1) is 8.20. The van der Waals surface area contributed by atoms with Crippen molar-refractivity contribution in [3.8, 4) is 0 Å². The molecule has 1 rings (SSSR count). The summed E-state index contributed by atoms with van der Waals surface area (Å²) in [5, 5.41) is 6.13. The first kappa shape index (κ1) is 13.5. The van der Waals surface area contributed by atoms with Crippen LogP contribution in [0.15, 0.2) is 42.5 Å². The van der Waals surface area contributed by atoms with Crippen molar-refractivity contribution in [2.24, 2.45) is 0 Å². The average molecular weight is 232 g/mol. The molecule has 92 valence electrons. The zero-order valence-corrected chi connectivity index (χ0v) is 10.3. The van der Waals surface area contributed by atoms with E-state index >= 15 is 0 Å². The highest BCUT2D eigenvalue weighted by molar-refractivity contribution is 5.91. The molecule has 17 heavy (non-hydrogen) atoms. The summed E-state index contributed by atoms with van der Waals surface area (Å²) in [5.41, 5.74) is 1.83. The van der Waals surface area contributed by atoms with Crippen LogP contribution in [0.5, 0.6) is 0 Å². The summed E-state index contributed by atoms with van der Waals surface area (Å²) in [6, 6.07) is 10.3. The molecule has 0 spiro atoms. The summed E-state index contributed by atoms with van der Waals surface area (Å²) in [6.07, 6.45) is 0.922. The predicted octanol–water partition coefficient (Wildman–Crippen LogP) is 1.86. The molecule has 0 bridgehead atoms. The summed E-state index contributed by atoms with van der Waals surface area (Å²) >= 11 is 0. The maximum absolute atomic E-state index is 11.2. The van der Waals surface area contributed by atoms with E-state index in [1.165, 1.54) is 5.56 Å². The number of carbonyl (C=O) groups excluding carboxylic acids is 1. The molecule has 0 aliphatic carbocycles. The van der Waals surface area contributed by atoms with E-state index in [0.717, 1.165) is 19.5 Å². The lowest BCUT2D eigenvalue weighted by Crippen LogP contribution is -2.27. The second-order valence-electron chi connectivity index (χ2n) is 4.05. The maximum Gasteiger partial charge on any atom is 0.246 e. The largest absolute Gasteiger partial charge is 0.352 e. The molecule has 0 aliphatic heterocycles. The van der Waals surface area contributed by atoms with E-state index in [1.807, 2.05) is 18.2 Å². The summed E-state index contributed by atoms with van der Waals surface area (Å²) in [4.78, 5) is 11.2. The van der Waals surface area contributed by atoms with E-state index in [0.29, 0.717) is 12.1 Å². The summed E-state index contributed by atoms with van der Waals surface area (Å²) in [6.45, 7) is 7.75. The van der Waals surface area contributed by atoms with Gasteiger partial charge in [-0.2, -0.15) is 0 Å². The Balaban J connectivity index is 2.02. The van der Waals surface area contributed by atoms with Crippen molar-refractivity contribution >= 4 is 5.91 Å². The topological polar surface area (TPSA) is 41.1 Å². The number of hydrogen-bond donors (Lipinski definition) is 2. The van der Waals surface area contributed by atoms with Gasteiger partial charge in [0.1, 0.15) is 0 Å². The molecule has 1 aromatic carbocycles. The second-order valence-corrected chi connectivity index (χ2v) is 4.05. The summed E-state index contributed by atoms with van der Waals surface area (Å²) < 4.78 is 0. The number of rotatable bonds is 7. The Bertz CT molecular complexity index is 360. The van der Waals surface area contributed by atoms with Gasteiger partial charge in [0, 0.05) is 18.7 Å². The van der Waals surface area contributed by atoms with E-state index in [-0.39, 0.29) is 5.91 Å². The Morgan fingerprint density at radius 2 is 1.94 bits per heavy atom. The normalized spacial score (nSPS) is 9.94. The molecule has 0 fully saturated rings. The lowest BCUT2D eigenvalue weighted by molar-refractivity contribution is -0.117. The van der Waals surface area contributed by atoms with Crippen molar-refractivity contribution in [2.45, 2.75) is 19.9 Å². The van der Waals surface area contributed by atoms with Gasteiger partial charge in [-0.25, -0.2) is 0 Å². The van der Waals surface area contributed by atoms with Crippen molar-refractivity contribution in [3.63, 3.8) is 0 Å². The molecule has 0 unspecified atom stereocenters. The quantitative estimate of drug-likeness (QED) is 0.556. The highest BCUT2D eigenvalue weighted by Crippen LogP contribution is 1.96. The predicted molar refractivity (Wildman–Crippen MR) is 70.6 cm³/mol. The maximum atomic E-state index is 11.2. The van der Waals surface area contributed by atoms with Gasteiger partial charge < -0.3 is 10.6 Å². The molecule has 1 aromatic rings. The zero-order chi connectivity index (χ0) is 12.5. The molecule has 0 saturated carbocycles. The number of nitrogens with one attached hydrogen (secondary N) is 2. The Labute approximate surface area is 103 Å². The van der Waals surface area contributed by atoms with Gasteiger partial charge >= 0.3 is 0 Å². The van der Waals surface area contributed by atoms with E-state index in [1.54, 1.807) is 6.92 Å². The minimum atomic E-state index is -0.0620. The van der Waals surface area contributed by atoms with Gasteiger partial charge in [-0.1, -0.05) is 36.9 Å². The molecule has 0 radical (unpaired) electrons. The first-order valence-electron chi connectivity index (χ1n) is 5.88. The lowest BCUT2D eigenvalue weighted by atomic mass is 10.2. The van der Waals surface area contributed by atoms with Crippen molar-refractivity contribution < 1.29 is 4.79 Å². The highest BCUT2D eigenvalue weighted by Gasteiger charge is 1.98. The fourth-order valence-corrected chi connectivity index (χ4v) is 1.39. The van der Waals surface area contributed by atoms with Gasteiger partial charge in [0.05, 0.1) is 0 Å². The molecule has 2 N–H and O–H groups in total. The highest BCUT2D eigenvalue weighted by atomic mass is 16.1. The fourth-order valence-electron chi connectivity index (χ4n) is 1.39. The molecule has 0 atom stereocenters. The number of amides is 1. The van der Waals surface area contributed by atoms with Crippen LogP contribution in [0.4, 0.5) is 0 Å². The third kappa shape index (κ3) is 5.88. The van der Waals surface area contributed by atoms with Crippen molar-refractivity contribution in [1.29, 1.82) is 0 Å². The van der Waals surface area contributed by atoms with Crippen molar-refractivity contribution in [3.05, 3.63) is 48.0 Å². The Kier molecular flexibility index (Phi) is 6.04. The summed E-state index contributed by atoms with van der Waals surface area (Å²) in [7, 11) is 0. The number of hydrogen-bond acceptors (Lipinski definition) is 2. The van der Waals surface area contributed by atoms with Crippen LogP contribution in [0.2, 0.25) is 0 Å². The molecule has 0 heterocycles. The number of benzene rings is 1. The Morgan fingerprint density at radius 3 is 2.59 bits per heavy atom. The number of carbonyl (C=O) groups is 1. The van der Waals surface area contributed by atoms with Crippen LogP contribution in [-0.2, 0) is 11.3 Å². The third-order valence-electron chi connectivity index (χ3n) is 2.38. The van der Waals surface area contributed by atoms with Gasteiger partial charge in [0.2, 0.25) is 5.91 Å². The van der Waals surface area contributed by atoms with Crippen LogP contribution in [0.25, 0.3) is 0 Å². The Hall–Kier alpha value is -1.61. The average Bonchev–Trinajstić information content (AvgIpc) is 2.34. The zero-order valence-electron chi connectivity index (χ0n) is 10.3. The Morgan fingerprint density at radius 1 is 1.24 bits per heavy atom. The third-order valence-corrected chi connectivity index (χ3v) is 2.38. The van der Waals surface area contributed by atoms with Crippen LogP contribution in [0.1, 0.15) is 18.9 Å². The van der Waals surface area contributed by atoms with Gasteiger partial charge in [0.15, 0.2) is 0 Å². The van der Waals surface area contributed by atoms with E-state index in [2.05, 4.69) is 29.3 Å². The molecule has 0 aromatic heterocycles. The van der Waals surface area contributed by atoms with Gasteiger partial charge in [-0.05, 0) is 25.5 Å². The smallest absolute Gasteiger partial charge is 0.246 e. The molecular formula is C14H20N2O. The van der Waals surface area contributed by atoms with Crippen LogP contribution >= 0.6 is 0 Å². The summed E-state index contributed by atoms with van der Waals surface area (Å²) in [5.74, 6) is -0.0620. The molecule has 3 heteroatoms. The van der Waals surface area contributed by atoms with Crippen LogP contribution in [0.3, 0.4) is 0 Å². The van der Waals surface area contributed by atoms with Crippen molar-refractivity contribution in [1.82, 2.24) is 10.6 Å². The van der Waals surface area contributed by atoms with Crippen molar-refractivity contribution in [2.75, 3.05) is 13.1 Å². The first-order valence-corrected chi connectivity index (χ1v) is 5.88.